The van der Waals surface area contributed by atoms with E-state index in [1.807, 2.05) is 19.4 Å². The molecule has 0 saturated carbocycles. The molecule has 0 aromatic carbocycles. The summed E-state index contributed by atoms with van der Waals surface area (Å²) in [7, 11) is 1.96. The Morgan fingerprint density at radius 1 is 0.966 bits per heavy atom. The predicted molar refractivity (Wildman–Crippen MR) is 120 cm³/mol. The Morgan fingerprint density at radius 2 is 1.48 bits per heavy atom. The van der Waals surface area contributed by atoms with Gasteiger partial charge < -0.3 is 15.7 Å². The Balaban J connectivity index is 1.78. The van der Waals surface area contributed by atoms with Gasteiger partial charge in [-0.25, -0.2) is 0 Å². The van der Waals surface area contributed by atoms with Crippen molar-refractivity contribution >= 4 is 28.6 Å². The molecule has 0 atom stereocenters. The van der Waals surface area contributed by atoms with Crippen molar-refractivity contribution in [2.75, 3.05) is 26.7 Å². The highest BCUT2D eigenvalue weighted by molar-refractivity contribution is 7.16. The van der Waals surface area contributed by atoms with Crippen molar-refractivity contribution in [2.24, 2.45) is 0 Å². The Kier molecular flexibility index (Phi) is 7.49. The van der Waals surface area contributed by atoms with Crippen LogP contribution in [0.1, 0.15) is 20.9 Å². The molecule has 0 spiro atoms. The van der Waals surface area contributed by atoms with Gasteiger partial charge in [0.05, 0.1) is 40.1 Å². The molecule has 6 nitrogen and oxygen atoms in total. The molecule has 0 aliphatic carbocycles. The highest BCUT2D eigenvalue weighted by Crippen LogP contribution is 2.34. The molecule has 154 valence electrons. The maximum absolute atomic E-state index is 10.7. The van der Waals surface area contributed by atoms with Gasteiger partial charge in [0.15, 0.2) is 0 Å². The van der Waals surface area contributed by atoms with Crippen LogP contribution < -0.4 is 10.6 Å². The fourth-order valence-electron chi connectivity index (χ4n) is 3.18. The van der Waals surface area contributed by atoms with Crippen molar-refractivity contribution < 1.29 is 9.90 Å². The number of thiophene rings is 2. The number of aliphatic carboxylic acids is 1. The second-order valence-electron chi connectivity index (χ2n) is 6.88. The summed E-state index contributed by atoms with van der Waals surface area (Å²) in [4.78, 5) is 24.9. The van der Waals surface area contributed by atoms with Crippen LogP contribution in [-0.2, 0) is 17.6 Å². The van der Waals surface area contributed by atoms with E-state index in [0.717, 1.165) is 35.7 Å². The lowest BCUT2D eigenvalue weighted by Gasteiger charge is -2.06. The molecule has 3 rings (SSSR count). The minimum Gasteiger partial charge on any atom is -0.480 e. The second kappa shape index (κ2) is 10.1. The fourth-order valence-corrected chi connectivity index (χ4v) is 5.23. The summed E-state index contributed by atoms with van der Waals surface area (Å²) < 4.78 is 0. The second-order valence-corrected chi connectivity index (χ2v) is 9.40. The van der Waals surface area contributed by atoms with E-state index in [0.29, 0.717) is 6.54 Å². The zero-order valence-electron chi connectivity index (χ0n) is 16.9. The van der Waals surface area contributed by atoms with Crippen molar-refractivity contribution in [1.82, 2.24) is 20.6 Å². The third kappa shape index (κ3) is 5.70. The van der Waals surface area contributed by atoms with E-state index in [1.165, 1.54) is 25.8 Å². The molecular formula is C21H26N4O2S2. The number of aryl methyl sites for hydroxylation is 2. The number of hydrogen-bond donors (Lipinski definition) is 3. The van der Waals surface area contributed by atoms with Crippen LogP contribution in [0, 0.1) is 13.8 Å². The van der Waals surface area contributed by atoms with Gasteiger partial charge in [0.1, 0.15) is 0 Å². The maximum Gasteiger partial charge on any atom is 0.317 e. The Labute approximate surface area is 179 Å². The molecule has 3 aromatic rings. The van der Waals surface area contributed by atoms with Crippen LogP contribution in [0.4, 0.5) is 0 Å². The normalized spacial score (nSPS) is 11.1. The van der Waals surface area contributed by atoms with Gasteiger partial charge in [-0.1, -0.05) is 0 Å². The first-order valence-electron chi connectivity index (χ1n) is 9.56. The Morgan fingerprint density at radius 3 is 1.93 bits per heavy atom. The van der Waals surface area contributed by atoms with E-state index in [-0.39, 0.29) is 6.54 Å². The summed E-state index contributed by atoms with van der Waals surface area (Å²) in [6.07, 6.45) is 5.45. The number of likely N-dealkylation sites (N-methyl/N-ethyl adjacent to an activating group) is 1. The molecule has 0 fully saturated rings. The van der Waals surface area contributed by atoms with Gasteiger partial charge in [0, 0.05) is 9.75 Å². The number of carboxylic acids is 1. The number of hydrogen-bond acceptors (Lipinski definition) is 7. The lowest BCUT2D eigenvalue weighted by Crippen LogP contribution is -2.24. The summed E-state index contributed by atoms with van der Waals surface area (Å²) in [5.41, 5.74) is 4.26. The zero-order valence-corrected chi connectivity index (χ0v) is 18.5. The van der Waals surface area contributed by atoms with Crippen molar-refractivity contribution in [3.05, 3.63) is 45.4 Å². The summed E-state index contributed by atoms with van der Waals surface area (Å²) in [5, 5.41) is 14.9. The first-order chi connectivity index (χ1) is 14.0. The van der Waals surface area contributed by atoms with Crippen molar-refractivity contribution in [3.63, 3.8) is 0 Å². The zero-order chi connectivity index (χ0) is 20.8. The predicted octanol–water partition coefficient (Wildman–Crippen LogP) is 3.53. The van der Waals surface area contributed by atoms with E-state index in [9.17, 15) is 4.79 Å². The van der Waals surface area contributed by atoms with E-state index < -0.39 is 5.97 Å². The van der Waals surface area contributed by atoms with Crippen molar-refractivity contribution in [3.8, 4) is 21.1 Å². The van der Waals surface area contributed by atoms with Gasteiger partial charge in [-0.2, -0.15) is 0 Å². The van der Waals surface area contributed by atoms with Crippen LogP contribution in [0.5, 0.6) is 0 Å². The highest BCUT2D eigenvalue weighted by atomic mass is 32.1. The molecule has 0 amide bonds. The van der Waals surface area contributed by atoms with Crippen LogP contribution in [0.2, 0.25) is 0 Å². The van der Waals surface area contributed by atoms with Gasteiger partial charge in [-0.15, -0.1) is 22.7 Å². The smallest absolute Gasteiger partial charge is 0.317 e. The van der Waals surface area contributed by atoms with E-state index >= 15 is 0 Å². The highest BCUT2D eigenvalue weighted by Gasteiger charge is 2.14. The standard InChI is InChI=1S/C21H26N4O2S2/c1-13-8-15(4-6-22-3)20(28-13)17-10-25-18(11-24-17)21-16(9-14(2)29-21)5-7-23-12-19(26)27/h8-11,22-23H,4-7,12H2,1-3H3,(H,26,27). The molecular weight excluding hydrogens is 404 g/mol. The lowest BCUT2D eigenvalue weighted by atomic mass is 10.1. The van der Waals surface area contributed by atoms with Crippen LogP contribution in [0.25, 0.3) is 21.1 Å². The van der Waals surface area contributed by atoms with Crippen LogP contribution >= 0.6 is 22.7 Å². The first-order valence-corrected chi connectivity index (χ1v) is 11.2. The maximum atomic E-state index is 10.7. The molecule has 0 radical (unpaired) electrons. The summed E-state index contributed by atoms with van der Waals surface area (Å²) in [5.74, 6) is -0.842. The molecule has 0 bridgehead atoms. The number of nitrogens with zero attached hydrogens (tertiary/aromatic N) is 2. The Hall–Kier alpha value is -2.13. The van der Waals surface area contributed by atoms with E-state index in [1.54, 1.807) is 22.7 Å². The monoisotopic (exact) mass is 430 g/mol. The summed E-state index contributed by atoms with van der Waals surface area (Å²) >= 11 is 3.46. The molecule has 0 saturated heterocycles. The van der Waals surface area contributed by atoms with Gasteiger partial charge in [0.2, 0.25) is 0 Å². The molecule has 3 aromatic heterocycles. The van der Waals surface area contributed by atoms with Crippen LogP contribution in [0.15, 0.2) is 24.5 Å². The first kappa shape index (κ1) is 21.6. The van der Waals surface area contributed by atoms with Crippen molar-refractivity contribution in [1.29, 1.82) is 0 Å². The lowest BCUT2D eigenvalue weighted by molar-refractivity contribution is -0.135. The van der Waals surface area contributed by atoms with Gasteiger partial charge in [0.25, 0.3) is 0 Å². The number of nitrogens with one attached hydrogen (secondary N) is 2. The third-order valence-corrected chi connectivity index (χ3v) is 6.70. The van der Waals surface area contributed by atoms with E-state index in [2.05, 4.69) is 36.6 Å². The summed E-state index contributed by atoms with van der Waals surface area (Å²) in [6.45, 7) is 5.72. The fraction of sp³-hybridized carbons (Fsp3) is 0.381. The average Bonchev–Trinajstić information content (AvgIpc) is 3.25. The molecule has 0 aliphatic heterocycles. The van der Waals surface area contributed by atoms with Crippen LogP contribution in [0.3, 0.4) is 0 Å². The third-order valence-electron chi connectivity index (χ3n) is 4.47. The minimum atomic E-state index is -0.842. The molecule has 8 heteroatoms. The van der Waals surface area contributed by atoms with Crippen molar-refractivity contribution in [2.45, 2.75) is 26.7 Å². The van der Waals surface area contributed by atoms with Gasteiger partial charge >= 0.3 is 5.97 Å². The largest absolute Gasteiger partial charge is 0.480 e. The average molecular weight is 431 g/mol. The Bertz CT molecular complexity index is 964. The topological polar surface area (TPSA) is 87.1 Å². The van der Waals surface area contributed by atoms with Gasteiger partial charge in [-0.3, -0.25) is 14.8 Å². The van der Waals surface area contributed by atoms with Gasteiger partial charge in [-0.05, 0) is 70.1 Å². The number of carbonyl (C=O) groups is 1. The molecule has 0 aliphatic rings. The quantitative estimate of drug-likeness (QED) is 0.427. The number of rotatable bonds is 10. The molecule has 29 heavy (non-hydrogen) atoms. The number of carboxylic acid groups (broad SMARTS) is 1. The van der Waals surface area contributed by atoms with Crippen LogP contribution in [-0.4, -0.2) is 47.7 Å². The van der Waals surface area contributed by atoms with E-state index in [4.69, 9.17) is 15.1 Å². The molecule has 0 unspecified atom stereocenters. The number of aromatic nitrogens is 2. The molecule has 3 N–H and O–H groups in total. The minimum absolute atomic E-state index is 0.0247. The summed E-state index contributed by atoms with van der Waals surface area (Å²) in [6, 6.07) is 4.38. The SMILES string of the molecule is CNCCc1cc(C)sc1-c1cnc(-c2sc(C)cc2CCNCC(=O)O)cn1. The molecule has 3 heterocycles.